The van der Waals surface area contributed by atoms with Crippen molar-refractivity contribution in [3.63, 3.8) is 0 Å². The van der Waals surface area contributed by atoms with E-state index < -0.39 is 0 Å². The van der Waals surface area contributed by atoms with Crippen LogP contribution in [0.15, 0.2) is 53.4 Å². The van der Waals surface area contributed by atoms with Gasteiger partial charge >= 0.3 is 0 Å². The monoisotopic (exact) mass is 287 g/mol. The first-order valence-corrected chi connectivity index (χ1v) is 7.22. The SMILES string of the molecule is CC(C)(C)Sc1ccccc1-c1ccccc1[N+](=O)[O-]. The zero-order valence-corrected chi connectivity index (χ0v) is 12.6. The van der Waals surface area contributed by atoms with E-state index in [2.05, 4.69) is 20.8 Å². The average molecular weight is 287 g/mol. The van der Waals surface area contributed by atoms with Crippen LogP contribution in [0.4, 0.5) is 5.69 Å². The van der Waals surface area contributed by atoms with E-state index in [0.29, 0.717) is 5.56 Å². The molecule has 0 aromatic heterocycles. The molecule has 0 saturated heterocycles. The summed E-state index contributed by atoms with van der Waals surface area (Å²) < 4.78 is 0.0552. The summed E-state index contributed by atoms with van der Waals surface area (Å²) in [6, 6.07) is 14.7. The summed E-state index contributed by atoms with van der Waals surface area (Å²) in [5.74, 6) is 0. The molecule has 0 N–H and O–H groups in total. The molecule has 4 heteroatoms. The smallest absolute Gasteiger partial charge is 0.258 e. The Morgan fingerprint density at radius 3 is 2.10 bits per heavy atom. The fourth-order valence-corrected chi connectivity index (χ4v) is 3.06. The molecule has 0 bridgehead atoms. The Morgan fingerprint density at radius 1 is 0.950 bits per heavy atom. The van der Waals surface area contributed by atoms with Gasteiger partial charge in [0.25, 0.3) is 5.69 Å². The van der Waals surface area contributed by atoms with Gasteiger partial charge in [-0.1, -0.05) is 51.1 Å². The van der Waals surface area contributed by atoms with Crippen molar-refractivity contribution in [2.24, 2.45) is 0 Å². The third kappa shape index (κ3) is 3.39. The van der Waals surface area contributed by atoms with Gasteiger partial charge in [-0.15, -0.1) is 11.8 Å². The van der Waals surface area contributed by atoms with Gasteiger partial charge in [0.1, 0.15) is 0 Å². The normalized spacial score (nSPS) is 11.3. The van der Waals surface area contributed by atoms with Gasteiger partial charge in [-0.25, -0.2) is 0 Å². The summed E-state index contributed by atoms with van der Waals surface area (Å²) >= 11 is 1.72. The quantitative estimate of drug-likeness (QED) is 0.445. The lowest BCUT2D eigenvalue weighted by molar-refractivity contribution is -0.384. The Labute approximate surface area is 123 Å². The van der Waals surface area contributed by atoms with Gasteiger partial charge in [-0.05, 0) is 12.1 Å². The number of hydrogen-bond donors (Lipinski definition) is 0. The van der Waals surface area contributed by atoms with Crippen LogP contribution in [0, 0.1) is 10.1 Å². The van der Waals surface area contributed by atoms with Crippen molar-refractivity contribution in [3.05, 3.63) is 58.6 Å². The van der Waals surface area contributed by atoms with E-state index in [1.54, 1.807) is 30.0 Å². The Balaban J connectivity index is 2.56. The molecular weight excluding hydrogens is 270 g/mol. The first kappa shape index (κ1) is 14.6. The first-order valence-electron chi connectivity index (χ1n) is 6.40. The fraction of sp³-hybridized carbons (Fsp3) is 0.250. The van der Waals surface area contributed by atoms with E-state index in [1.165, 1.54) is 0 Å². The zero-order chi connectivity index (χ0) is 14.8. The molecule has 0 heterocycles. The molecule has 0 spiro atoms. The molecule has 3 nitrogen and oxygen atoms in total. The Morgan fingerprint density at radius 2 is 1.50 bits per heavy atom. The topological polar surface area (TPSA) is 43.1 Å². The first-order chi connectivity index (χ1) is 9.38. The van der Waals surface area contributed by atoms with E-state index in [1.807, 2.05) is 30.3 Å². The molecule has 0 aliphatic rings. The van der Waals surface area contributed by atoms with Gasteiger partial charge in [0, 0.05) is 21.3 Å². The van der Waals surface area contributed by atoms with Crippen molar-refractivity contribution in [2.45, 2.75) is 30.4 Å². The average Bonchev–Trinajstić information content (AvgIpc) is 2.37. The van der Waals surface area contributed by atoms with E-state index in [9.17, 15) is 10.1 Å². The second-order valence-electron chi connectivity index (χ2n) is 5.48. The number of rotatable bonds is 3. The van der Waals surface area contributed by atoms with Crippen LogP contribution in [0.25, 0.3) is 11.1 Å². The number of nitro groups is 1. The van der Waals surface area contributed by atoms with E-state index in [0.717, 1.165) is 10.5 Å². The maximum absolute atomic E-state index is 11.2. The molecule has 104 valence electrons. The van der Waals surface area contributed by atoms with Crippen LogP contribution in [0.1, 0.15) is 20.8 Å². The number of para-hydroxylation sites is 1. The van der Waals surface area contributed by atoms with Crippen molar-refractivity contribution < 1.29 is 4.92 Å². The van der Waals surface area contributed by atoms with E-state index in [-0.39, 0.29) is 15.4 Å². The maximum Gasteiger partial charge on any atom is 0.277 e. The van der Waals surface area contributed by atoms with Gasteiger partial charge in [0.05, 0.1) is 10.5 Å². The molecule has 0 radical (unpaired) electrons. The predicted molar refractivity (Wildman–Crippen MR) is 84.1 cm³/mol. The molecule has 20 heavy (non-hydrogen) atoms. The molecule has 2 rings (SSSR count). The van der Waals surface area contributed by atoms with Crippen molar-refractivity contribution in [1.82, 2.24) is 0 Å². The van der Waals surface area contributed by atoms with Gasteiger partial charge in [-0.2, -0.15) is 0 Å². The standard InChI is InChI=1S/C16H17NO2S/c1-16(2,3)20-15-11-7-5-9-13(15)12-8-4-6-10-14(12)17(18)19/h4-11H,1-3H3. The molecule has 0 saturated carbocycles. The summed E-state index contributed by atoms with van der Waals surface area (Å²) in [6.45, 7) is 6.40. The Bertz CT molecular complexity index is 632. The lowest BCUT2D eigenvalue weighted by Gasteiger charge is -2.20. The fourth-order valence-electron chi connectivity index (χ4n) is 1.97. The highest BCUT2D eigenvalue weighted by atomic mass is 32.2. The number of benzene rings is 2. The molecule has 0 fully saturated rings. The molecule has 0 aliphatic heterocycles. The third-order valence-electron chi connectivity index (χ3n) is 2.69. The second-order valence-corrected chi connectivity index (χ2v) is 7.35. The van der Waals surface area contributed by atoms with Crippen LogP contribution >= 0.6 is 11.8 Å². The number of thioether (sulfide) groups is 1. The maximum atomic E-state index is 11.2. The van der Waals surface area contributed by atoms with Gasteiger partial charge in [0.15, 0.2) is 0 Å². The van der Waals surface area contributed by atoms with Gasteiger partial charge in [-0.3, -0.25) is 10.1 Å². The van der Waals surface area contributed by atoms with Crippen molar-refractivity contribution in [1.29, 1.82) is 0 Å². The number of nitrogens with zero attached hydrogens (tertiary/aromatic N) is 1. The number of nitro benzene ring substituents is 1. The minimum Gasteiger partial charge on any atom is -0.258 e. The van der Waals surface area contributed by atoms with E-state index >= 15 is 0 Å². The summed E-state index contributed by atoms with van der Waals surface area (Å²) in [7, 11) is 0. The molecular formula is C16H17NO2S. The largest absolute Gasteiger partial charge is 0.277 e. The highest BCUT2D eigenvalue weighted by molar-refractivity contribution is 8.00. The van der Waals surface area contributed by atoms with Crippen LogP contribution < -0.4 is 0 Å². The highest BCUT2D eigenvalue weighted by Crippen LogP contribution is 2.40. The molecule has 2 aromatic carbocycles. The molecule has 2 aromatic rings. The summed E-state index contributed by atoms with van der Waals surface area (Å²) in [5, 5.41) is 11.2. The zero-order valence-electron chi connectivity index (χ0n) is 11.8. The van der Waals surface area contributed by atoms with Crippen LogP contribution in [0.2, 0.25) is 0 Å². The van der Waals surface area contributed by atoms with Crippen LogP contribution in [-0.4, -0.2) is 9.67 Å². The predicted octanol–water partition coefficient (Wildman–Crippen LogP) is 5.15. The number of hydrogen-bond acceptors (Lipinski definition) is 3. The highest BCUT2D eigenvalue weighted by Gasteiger charge is 2.20. The third-order valence-corrected chi connectivity index (χ3v) is 3.88. The summed E-state index contributed by atoms with van der Waals surface area (Å²) in [6.07, 6.45) is 0. The molecule has 0 amide bonds. The Hall–Kier alpha value is -1.81. The van der Waals surface area contributed by atoms with Crippen molar-refractivity contribution in [3.8, 4) is 11.1 Å². The summed E-state index contributed by atoms with van der Waals surface area (Å²) in [5.41, 5.74) is 1.74. The molecule has 0 aliphatic carbocycles. The van der Waals surface area contributed by atoms with Crippen LogP contribution in [0.3, 0.4) is 0 Å². The van der Waals surface area contributed by atoms with Crippen molar-refractivity contribution >= 4 is 17.4 Å². The van der Waals surface area contributed by atoms with Crippen LogP contribution in [-0.2, 0) is 0 Å². The molecule has 0 unspecified atom stereocenters. The lowest BCUT2D eigenvalue weighted by atomic mass is 10.0. The molecule has 0 atom stereocenters. The summed E-state index contributed by atoms with van der Waals surface area (Å²) in [4.78, 5) is 11.9. The lowest BCUT2D eigenvalue weighted by Crippen LogP contribution is -2.07. The van der Waals surface area contributed by atoms with Crippen molar-refractivity contribution in [2.75, 3.05) is 0 Å². The van der Waals surface area contributed by atoms with Gasteiger partial charge in [0.2, 0.25) is 0 Å². The Kier molecular flexibility index (Phi) is 4.14. The second kappa shape index (κ2) is 5.67. The van der Waals surface area contributed by atoms with Crippen LogP contribution in [0.5, 0.6) is 0 Å². The minimum atomic E-state index is -0.326. The van der Waals surface area contributed by atoms with E-state index in [4.69, 9.17) is 0 Å². The minimum absolute atomic E-state index is 0.0552. The van der Waals surface area contributed by atoms with Gasteiger partial charge < -0.3 is 0 Å².